The average Bonchev–Trinajstić information content (AvgIpc) is 2.44. The third kappa shape index (κ3) is 0.739. The Morgan fingerprint density at radius 2 is 2.30 bits per heavy atom. The van der Waals surface area contributed by atoms with Crippen molar-refractivity contribution in [3.63, 3.8) is 0 Å². The molecule has 1 unspecified atom stereocenters. The van der Waals surface area contributed by atoms with Crippen LogP contribution < -0.4 is 0 Å². The van der Waals surface area contributed by atoms with E-state index in [1.807, 2.05) is 6.08 Å². The highest BCUT2D eigenvalue weighted by molar-refractivity contribution is 5.45. The Morgan fingerprint density at radius 3 is 2.70 bits per heavy atom. The molecule has 10 heavy (non-hydrogen) atoms. The summed E-state index contributed by atoms with van der Waals surface area (Å²) < 4.78 is 0. The van der Waals surface area contributed by atoms with Crippen molar-refractivity contribution < 1.29 is 5.11 Å². The van der Waals surface area contributed by atoms with Gasteiger partial charge in [-0.2, -0.15) is 0 Å². The Labute approximate surface area is 61.1 Å². The van der Waals surface area contributed by atoms with E-state index in [9.17, 15) is 5.11 Å². The summed E-state index contributed by atoms with van der Waals surface area (Å²) in [5, 5.41) is 9.86. The highest BCUT2D eigenvalue weighted by Crippen LogP contribution is 2.44. The maximum atomic E-state index is 9.86. The Morgan fingerprint density at radius 1 is 1.60 bits per heavy atom. The molecule has 0 heterocycles. The van der Waals surface area contributed by atoms with Crippen LogP contribution in [0.15, 0.2) is 23.3 Å². The van der Waals surface area contributed by atoms with E-state index in [4.69, 9.17) is 0 Å². The van der Waals surface area contributed by atoms with Gasteiger partial charge in [-0.3, -0.25) is 0 Å². The minimum Gasteiger partial charge on any atom is -0.381 e. The van der Waals surface area contributed by atoms with Crippen molar-refractivity contribution >= 4 is 0 Å². The molecule has 2 rings (SSSR count). The zero-order valence-electron chi connectivity index (χ0n) is 6.22. The molecule has 0 aromatic carbocycles. The largest absolute Gasteiger partial charge is 0.381 e. The topological polar surface area (TPSA) is 20.2 Å². The molecule has 0 bridgehead atoms. The summed E-state index contributed by atoms with van der Waals surface area (Å²) in [5.74, 6) is 0. The van der Waals surface area contributed by atoms with Crippen LogP contribution in [0.2, 0.25) is 0 Å². The number of rotatable bonds is 1. The van der Waals surface area contributed by atoms with Gasteiger partial charge in [-0.1, -0.05) is 17.7 Å². The molecule has 0 saturated heterocycles. The normalized spacial score (nSPS) is 37.4. The van der Waals surface area contributed by atoms with Crippen LogP contribution >= 0.6 is 0 Å². The third-order valence-electron chi connectivity index (χ3n) is 2.44. The van der Waals surface area contributed by atoms with Crippen LogP contribution in [0.1, 0.15) is 26.2 Å². The van der Waals surface area contributed by atoms with E-state index in [1.165, 1.54) is 11.1 Å². The summed E-state index contributed by atoms with van der Waals surface area (Å²) in [5.41, 5.74) is 2.12. The first-order chi connectivity index (χ1) is 4.72. The van der Waals surface area contributed by atoms with Crippen molar-refractivity contribution in [2.24, 2.45) is 0 Å². The first kappa shape index (κ1) is 6.17. The van der Waals surface area contributed by atoms with E-state index >= 15 is 0 Å². The van der Waals surface area contributed by atoms with Crippen LogP contribution in [-0.4, -0.2) is 10.7 Å². The Kier molecular flexibility index (Phi) is 1.07. The summed E-state index contributed by atoms with van der Waals surface area (Å²) >= 11 is 0. The first-order valence-corrected chi connectivity index (χ1v) is 3.81. The Bertz CT molecular complexity index is 225. The molecule has 1 heteroatoms. The van der Waals surface area contributed by atoms with Crippen molar-refractivity contribution in [1.82, 2.24) is 0 Å². The minimum absolute atomic E-state index is 0.524. The van der Waals surface area contributed by atoms with Crippen LogP contribution in [-0.2, 0) is 0 Å². The second-order valence-electron chi connectivity index (χ2n) is 3.30. The lowest BCUT2D eigenvalue weighted by molar-refractivity contribution is 0.134. The van der Waals surface area contributed by atoms with Gasteiger partial charge in [-0.05, 0) is 31.8 Å². The maximum Gasteiger partial charge on any atom is 0.105 e. The van der Waals surface area contributed by atoms with Gasteiger partial charge in [0.25, 0.3) is 0 Å². The average molecular weight is 136 g/mol. The van der Waals surface area contributed by atoms with Crippen LogP contribution in [0.25, 0.3) is 0 Å². The van der Waals surface area contributed by atoms with Gasteiger partial charge in [-0.15, -0.1) is 0 Å². The lowest BCUT2D eigenvalue weighted by Gasteiger charge is -2.15. The van der Waals surface area contributed by atoms with Gasteiger partial charge in [0.15, 0.2) is 0 Å². The van der Waals surface area contributed by atoms with Gasteiger partial charge in [0.1, 0.15) is 5.60 Å². The molecular weight excluding hydrogens is 124 g/mol. The molecule has 0 aromatic rings. The zero-order chi connectivity index (χ0) is 7.19. The number of hydrogen-bond donors (Lipinski definition) is 1. The maximum absolute atomic E-state index is 9.86. The molecule has 2 aliphatic carbocycles. The quantitative estimate of drug-likeness (QED) is 0.545. The van der Waals surface area contributed by atoms with Crippen LogP contribution in [0.5, 0.6) is 0 Å². The van der Waals surface area contributed by atoms with Crippen LogP contribution in [0.3, 0.4) is 0 Å². The fourth-order valence-electron chi connectivity index (χ4n) is 1.66. The fourth-order valence-corrected chi connectivity index (χ4v) is 1.66. The zero-order valence-corrected chi connectivity index (χ0v) is 6.22. The van der Waals surface area contributed by atoms with Crippen molar-refractivity contribution in [1.29, 1.82) is 0 Å². The molecule has 2 aliphatic rings. The molecule has 0 spiro atoms. The smallest absolute Gasteiger partial charge is 0.105 e. The summed E-state index contributed by atoms with van der Waals surface area (Å²) in [6, 6.07) is 0. The van der Waals surface area contributed by atoms with Crippen molar-refractivity contribution in [2.75, 3.05) is 0 Å². The van der Waals surface area contributed by atoms with E-state index in [1.54, 1.807) is 0 Å². The number of hydrogen-bond acceptors (Lipinski definition) is 1. The van der Waals surface area contributed by atoms with E-state index in [2.05, 4.69) is 13.0 Å². The monoisotopic (exact) mass is 136 g/mol. The molecule has 0 fully saturated rings. The minimum atomic E-state index is -0.524. The van der Waals surface area contributed by atoms with Crippen LogP contribution in [0, 0.1) is 0 Å². The Balaban J connectivity index is 2.23. The van der Waals surface area contributed by atoms with E-state index in [0.717, 1.165) is 19.3 Å². The summed E-state index contributed by atoms with van der Waals surface area (Å²) in [6.45, 7) is 2.10. The second kappa shape index (κ2) is 1.73. The molecule has 0 radical (unpaired) electrons. The summed E-state index contributed by atoms with van der Waals surface area (Å²) in [6.07, 6.45) is 7.01. The molecule has 54 valence electrons. The van der Waals surface area contributed by atoms with Gasteiger partial charge in [0, 0.05) is 0 Å². The number of aliphatic hydroxyl groups is 1. The van der Waals surface area contributed by atoms with Crippen molar-refractivity contribution in [3.05, 3.63) is 23.3 Å². The molecular formula is C9H12O. The van der Waals surface area contributed by atoms with E-state index in [-0.39, 0.29) is 0 Å². The lowest BCUT2D eigenvalue weighted by atomic mass is 10.0. The molecule has 0 amide bonds. The Hall–Kier alpha value is -0.560. The van der Waals surface area contributed by atoms with Gasteiger partial charge in [0.2, 0.25) is 0 Å². The van der Waals surface area contributed by atoms with Gasteiger partial charge in [-0.25, -0.2) is 0 Å². The molecule has 0 aromatic heterocycles. The van der Waals surface area contributed by atoms with Crippen molar-refractivity contribution in [2.45, 2.75) is 31.8 Å². The fraction of sp³-hybridized carbons (Fsp3) is 0.556. The third-order valence-corrected chi connectivity index (χ3v) is 2.44. The molecule has 0 aliphatic heterocycles. The summed E-state index contributed by atoms with van der Waals surface area (Å²) in [4.78, 5) is 0. The van der Waals surface area contributed by atoms with E-state index in [0.29, 0.717) is 0 Å². The second-order valence-corrected chi connectivity index (χ2v) is 3.30. The number of allylic oxidation sites excluding steroid dienone is 2. The highest BCUT2D eigenvalue weighted by Gasteiger charge is 2.38. The predicted molar refractivity (Wildman–Crippen MR) is 40.6 cm³/mol. The molecule has 1 atom stereocenters. The van der Waals surface area contributed by atoms with Gasteiger partial charge < -0.3 is 5.11 Å². The molecule has 0 saturated carbocycles. The SMILES string of the molecule is CC1=C(C2(O)C=CCC2)C1. The van der Waals surface area contributed by atoms with E-state index < -0.39 is 5.60 Å². The lowest BCUT2D eigenvalue weighted by Crippen LogP contribution is -2.20. The van der Waals surface area contributed by atoms with Gasteiger partial charge in [0.05, 0.1) is 0 Å². The molecule has 1 N–H and O–H groups in total. The summed E-state index contributed by atoms with van der Waals surface area (Å²) in [7, 11) is 0. The van der Waals surface area contributed by atoms with Crippen LogP contribution in [0.4, 0.5) is 0 Å². The standard InChI is InChI=1S/C9H12O/c1-7-6-8(7)9(10)4-2-3-5-9/h2,4,10H,3,5-6H2,1H3. The van der Waals surface area contributed by atoms with Crippen molar-refractivity contribution in [3.8, 4) is 0 Å². The predicted octanol–water partition coefficient (Wildman–Crippen LogP) is 1.79. The van der Waals surface area contributed by atoms with Gasteiger partial charge >= 0.3 is 0 Å². The first-order valence-electron chi connectivity index (χ1n) is 3.81. The highest BCUT2D eigenvalue weighted by atomic mass is 16.3. The molecule has 1 nitrogen and oxygen atoms in total.